The summed E-state index contributed by atoms with van der Waals surface area (Å²) in [5, 5.41) is 14.7. The summed E-state index contributed by atoms with van der Waals surface area (Å²) < 4.78 is 10.4. The maximum atomic E-state index is 10.8. The first-order valence-electron chi connectivity index (χ1n) is 7.07. The Bertz CT molecular complexity index is 902. The van der Waals surface area contributed by atoms with Crippen LogP contribution in [0.15, 0.2) is 53.1 Å². The molecule has 7 nitrogen and oxygen atoms in total. The summed E-state index contributed by atoms with van der Waals surface area (Å²) >= 11 is 0. The van der Waals surface area contributed by atoms with Gasteiger partial charge in [-0.05, 0) is 12.1 Å². The fourth-order valence-electron chi connectivity index (χ4n) is 2.14. The van der Waals surface area contributed by atoms with E-state index in [-0.39, 0.29) is 5.69 Å². The Balaban J connectivity index is 1.84. The second-order valence-electron chi connectivity index (χ2n) is 4.84. The Morgan fingerprint density at radius 3 is 2.79 bits per heavy atom. The van der Waals surface area contributed by atoms with Crippen LogP contribution in [0.4, 0.5) is 5.69 Å². The van der Waals surface area contributed by atoms with Crippen molar-refractivity contribution in [2.24, 2.45) is 0 Å². The number of non-ortho nitro benzene ring substituents is 1. The van der Waals surface area contributed by atoms with Crippen molar-refractivity contribution in [1.29, 1.82) is 0 Å². The lowest BCUT2D eigenvalue weighted by Gasteiger charge is -2.02. The predicted molar refractivity (Wildman–Crippen MR) is 88.3 cm³/mol. The third kappa shape index (κ3) is 3.30. The monoisotopic (exact) mass is 323 g/mol. The molecule has 0 radical (unpaired) electrons. The van der Waals surface area contributed by atoms with Crippen molar-refractivity contribution >= 4 is 17.8 Å². The predicted octanol–water partition coefficient (Wildman–Crippen LogP) is 3.82. The van der Waals surface area contributed by atoms with Crippen molar-refractivity contribution in [3.63, 3.8) is 0 Å². The van der Waals surface area contributed by atoms with E-state index in [1.165, 1.54) is 12.1 Å². The van der Waals surface area contributed by atoms with Crippen LogP contribution in [0.2, 0.25) is 0 Å². The smallest absolute Gasteiger partial charge is 0.270 e. The number of aromatic nitrogens is 2. The van der Waals surface area contributed by atoms with E-state index in [1.807, 2.05) is 24.3 Å². The zero-order chi connectivity index (χ0) is 16.9. The maximum Gasteiger partial charge on any atom is 0.270 e. The third-order valence-electron chi connectivity index (χ3n) is 3.30. The second-order valence-corrected chi connectivity index (χ2v) is 4.84. The van der Waals surface area contributed by atoms with Crippen LogP contribution in [-0.4, -0.2) is 22.2 Å². The van der Waals surface area contributed by atoms with Gasteiger partial charge in [-0.15, -0.1) is 0 Å². The number of nitro groups is 1. The van der Waals surface area contributed by atoms with Gasteiger partial charge in [0.2, 0.25) is 5.82 Å². The molecule has 0 bridgehead atoms. The molecular formula is C17H13N3O4. The average molecular weight is 323 g/mol. The minimum Gasteiger partial charge on any atom is -0.496 e. The number of hydrogen-bond donors (Lipinski definition) is 0. The first-order valence-corrected chi connectivity index (χ1v) is 7.07. The molecule has 0 amide bonds. The van der Waals surface area contributed by atoms with E-state index in [2.05, 4.69) is 10.1 Å². The van der Waals surface area contributed by atoms with Crippen molar-refractivity contribution in [3.05, 3.63) is 70.1 Å². The number of nitro benzene ring substituents is 1. The second kappa shape index (κ2) is 6.74. The summed E-state index contributed by atoms with van der Waals surface area (Å²) in [7, 11) is 1.60. The summed E-state index contributed by atoms with van der Waals surface area (Å²) in [6.45, 7) is 0. The molecular weight excluding hydrogens is 310 g/mol. The highest BCUT2D eigenvalue weighted by atomic mass is 16.6. The highest BCUT2D eigenvalue weighted by Crippen LogP contribution is 2.23. The lowest BCUT2D eigenvalue weighted by Crippen LogP contribution is -1.88. The molecule has 0 fully saturated rings. The molecule has 7 heteroatoms. The minimum atomic E-state index is -0.466. The number of benzene rings is 2. The molecule has 0 aliphatic rings. The summed E-state index contributed by atoms with van der Waals surface area (Å²) in [5.74, 6) is 1.31. The highest BCUT2D eigenvalue weighted by Gasteiger charge is 2.11. The molecule has 0 spiro atoms. The largest absolute Gasteiger partial charge is 0.496 e. The fourth-order valence-corrected chi connectivity index (χ4v) is 2.14. The topological polar surface area (TPSA) is 91.3 Å². The van der Waals surface area contributed by atoms with Crippen LogP contribution in [-0.2, 0) is 0 Å². The quantitative estimate of drug-likeness (QED) is 0.523. The minimum absolute atomic E-state index is 0.0246. The van der Waals surface area contributed by atoms with Gasteiger partial charge in [-0.1, -0.05) is 35.5 Å². The molecule has 1 aromatic heterocycles. The Labute approximate surface area is 137 Å². The number of rotatable bonds is 5. The Kier molecular flexibility index (Phi) is 4.33. The van der Waals surface area contributed by atoms with Gasteiger partial charge in [0, 0.05) is 29.3 Å². The van der Waals surface area contributed by atoms with Crippen molar-refractivity contribution in [2.75, 3.05) is 7.11 Å². The van der Waals surface area contributed by atoms with E-state index in [0.717, 1.165) is 11.3 Å². The zero-order valence-corrected chi connectivity index (χ0v) is 12.7. The number of nitrogens with zero attached hydrogens (tertiary/aromatic N) is 3. The first kappa shape index (κ1) is 15.4. The number of hydrogen-bond acceptors (Lipinski definition) is 6. The van der Waals surface area contributed by atoms with Crippen LogP contribution in [0.1, 0.15) is 11.5 Å². The lowest BCUT2D eigenvalue weighted by atomic mass is 10.2. The van der Waals surface area contributed by atoms with Crippen molar-refractivity contribution in [2.45, 2.75) is 0 Å². The van der Waals surface area contributed by atoms with Gasteiger partial charge in [0.15, 0.2) is 0 Å². The highest BCUT2D eigenvalue weighted by molar-refractivity contribution is 5.70. The first-order chi connectivity index (χ1) is 11.7. The van der Waals surface area contributed by atoms with Crippen LogP contribution >= 0.6 is 0 Å². The lowest BCUT2D eigenvalue weighted by molar-refractivity contribution is -0.384. The average Bonchev–Trinajstić information content (AvgIpc) is 3.09. The van der Waals surface area contributed by atoms with Gasteiger partial charge >= 0.3 is 0 Å². The Morgan fingerprint density at radius 1 is 1.17 bits per heavy atom. The van der Waals surface area contributed by atoms with Crippen molar-refractivity contribution in [3.8, 4) is 17.1 Å². The number of ether oxygens (including phenoxy) is 1. The van der Waals surface area contributed by atoms with Crippen LogP contribution in [0, 0.1) is 10.1 Å². The molecule has 0 atom stereocenters. The van der Waals surface area contributed by atoms with Crippen LogP contribution < -0.4 is 4.74 Å². The maximum absolute atomic E-state index is 10.8. The van der Waals surface area contributed by atoms with Crippen molar-refractivity contribution in [1.82, 2.24) is 10.1 Å². The Hall–Kier alpha value is -3.48. The molecule has 3 rings (SSSR count). The van der Waals surface area contributed by atoms with Gasteiger partial charge in [-0.3, -0.25) is 10.1 Å². The summed E-state index contributed by atoms with van der Waals surface area (Å²) in [6, 6.07) is 13.6. The van der Waals surface area contributed by atoms with Gasteiger partial charge in [-0.25, -0.2) is 0 Å². The molecule has 0 aliphatic carbocycles. The van der Waals surface area contributed by atoms with E-state index in [1.54, 1.807) is 31.4 Å². The molecule has 2 aromatic carbocycles. The molecule has 3 aromatic rings. The summed E-state index contributed by atoms with van der Waals surface area (Å²) in [6.07, 6.45) is 3.45. The molecule has 1 heterocycles. The van der Waals surface area contributed by atoms with Crippen LogP contribution in [0.3, 0.4) is 0 Å². The van der Waals surface area contributed by atoms with E-state index in [4.69, 9.17) is 9.26 Å². The van der Waals surface area contributed by atoms with E-state index >= 15 is 0 Å². The molecule has 120 valence electrons. The van der Waals surface area contributed by atoms with Gasteiger partial charge in [0.05, 0.1) is 12.0 Å². The summed E-state index contributed by atoms with van der Waals surface area (Å²) in [5.41, 5.74) is 1.36. The van der Waals surface area contributed by atoms with Crippen LogP contribution in [0.25, 0.3) is 23.5 Å². The normalized spacial score (nSPS) is 10.9. The van der Waals surface area contributed by atoms with E-state index in [0.29, 0.717) is 17.3 Å². The zero-order valence-electron chi connectivity index (χ0n) is 12.7. The molecule has 0 saturated carbocycles. The molecule has 0 N–H and O–H groups in total. The Morgan fingerprint density at radius 2 is 2.00 bits per heavy atom. The van der Waals surface area contributed by atoms with Gasteiger partial charge in [0.1, 0.15) is 5.75 Å². The molecule has 24 heavy (non-hydrogen) atoms. The SMILES string of the molecule is COc1ccccc1/C=C/c1nc(-c2cccc([N+](=O)[O-])c2)no1. The molecule has 0 unspecified atom stereocenters. The van der Waals surface area contributed by atoms with Crippen LogP contribution in [0.5, 0.6) is 5.75 Å². The standard InChI is InChI=1S/C17H13N3O4/c1-23-15-8-3-2-5-12(15)9-10-16-18-17(19-24-16)13-6-4-7-14(11-13)20(21)22/h2-11H,1H3/b10-9+. The molecule has 0 saturated heterocycles. The number of methoxy groups -OCH3 is 1. The van der Waals surface area contributed by atoms with Gasteiger partial charge < -0.3 is 9.26 Å². The summed E-state index contributed by atoms with van der Waals surface area (Å²) in [4.78, 5) is 14.6. The van der Waals surface area contributed by atoms with Gasteiger partial charge in [0.25, 0.3) is 11.6 Å². The van der Waals surface area contributed by atoms with E-state index in [9.17, 15) is 10.1 Å². The van der Waals surface area contributed by atoms with Gasteiger partial charge in [-0.2, -0.15) is 4.98 Å². The number of para-hydroxylation sites is 1. The van der Waals surface area contributed by atoms with Crippen molar-refractivity contribution < 1.29 is 14.2 Å². The fraction of sp³-hybridized carbons (Fsp3) is 0.0588. The van der Waals surface area contributed by atoms with E-state index < -0.39 is 4.92 Å². The third-order valence-corrected chi connectivity index (χ3v) is 3.30. The molecule has 0 aliphatic heterocycles.